The maximum Gasteiger partial charge on any atom is 0.292 e. The van der Waals surface area contributed by atoms with Gasteiger partial charge in [-0.3, -0.25) is 9.59 Å². The first-order valence-corrected chi connectivity index (χ1v) is 9.44. The molecule has 0 unspecified atom stereocenters. The van der Waals surface area contributed by atoms with Crippen molar-refractivity contribution in [1.82, 2.24) is 25.1 Å². The van der Waals surface area contributed by atoms with Crippen LogP contribution in [-0.2, 0) is 4.79 Å². The van der Waals surface area contributed by atoms with Crippen LogP contribution < -0.4 is 10.2 Å². The highest BCUT2D eigenvalue weighted by Gasteiger charge is 2.35. The molecular weight excluding hydrogens is 344 g/mol. The molecule has 0 aromatic carbocycles. The molecule has 3 rings (SSSR count). The summed E-state index contributed by atoms with van der Waals surface area (Å²) in [5.74, 6) is 0.561. The van der Waals surface area contributed by atoms with Gasteiger partial charge < -0.3 is 20.0 Å². The number of piperazine rings is 1. The van der Waals surface area contributed by atoms with Crippen molar-refractivity contribution in [3.63, 3.8) is 0 Å². The predicted octanol–water partition coefficient (Wildman–Crippen LogP) is 0.584. The van der Waals surface area contributed by atoms with E-state index in [2.05, 4.69) is 39.2 Å². The minimum absolute atomic E-state index is 0.0420. The van der Waals surface area contributed by atoms with E-state index >= 15 is 0 Å². The van der Waals surface area contributed by atoms with Crippen molar-refractivity contribution in [3.8, 4) is 0 Å². The van der Waals surface area contributed by atoms with Crippen LogP contribution in [0.3, 0.4) is 0 Å². The molecular formula is C19H30N6O2. The van der Waals surface area contributed by atoms with E-state index in [-0.39, 0.29) is 24.2 Å². The summed E-state index contributed by atoms with van der Waals surface area (Å²) >= 11 is 0. The van der Waals surface area contributed by atoms with Crippen LogP contribution in [0.1, 0.15) is 42.1 Å². The van der Waals surface area contributed by atoms with Gasteiger partial charge in [-0.25, -0.2) is 9.97 Å². The molecule has 3 heterocycles. The number of aromatic nitrogens is 2. The van der Waals surface area contributed by atoms with E-state index in [4.69, 9.17) is 0 Å². The highest BCUT2D eigenvalue weighted by Crippen LogP contribution is 2.26. The summed E-state index contributed by atoms with van der Waals surface area (Å²) < 4.78 is 0. The second-order valence-corrected chi connectivity index (χ2v) is 8.53. The minimum Gasteiger partial charge on any atom is -0.355 e. The Morgan fingerprint density at radius 1 is 1.26 bits per heavy atom. The largest absolute Gasteiger partial charge is 0.355 e. The van der Waals surface area contributed by atoms with Crippen LogP contribution in [0.25, 0.3) is 0 Å². The number of carbonyl (C=O) groups excluding carboxylic acids is 2. The molecule has 0 aliphatic carbocycles. The summed E-state index contributed by atoms with van der Waals surface area (Å²) in [6.45, 7) is 9.99. The quantitative estimate of drug-likeness (QED) is 0.834. The molecule has 1 aromatic heterocycles. The molecule has 2 aliphatic rings. The number of anilines is 1. The van der Waals surface area contributed by atoms with Crippen molar-refractivity contribution in [3.05, 3.63) is 17.1 Å². The summed E-state index contributed by atoms with van der Waals surface area (Å²) in [6, 6.07) is 0.477. The smallest absolute Gasteiger partial charge is 0.292 e. The zero-order valence-electron chi connectivity index (χ0n) is 17.2. The number of aryl methyl sites for hydroxylation is 1. The summed E-state index contributed by atoms with van der Waals surface area (Å²) in [4.78, 5) is 40.1. The van der Waals surface area contributed by atoms with Gasteiger partial charge >= 0.3 is 0 Å². The maximum absolute atomic E-state index is 13.0. The number of nitrogens with one attached hydrogen (secondary N) is 1. The van der Waals surface area contributed by atoms with E-state index in [9.17, 15) is 9.59 Å². The van der Waals surface area contributed by atoms with Gasteiger partial charge in [0.05, 0.1) is 5.54 Å². The standard InChI is InChI=1S/C19H30N6O2/c1-12-13(2)20-16(18(27)25-10-15(26)22-19(3,4)11-25)21-17(12)24-8-7-14(9-24)23(5)6/h14H,7-11H2,1-6H3,(H,22,26)/t14-/m1/s1. The number of hydrogen-bond donors (Lipinski definition) is 1. The molecule has 8 nitrogen and oxygen atoms in total. The van der Waals surface area contributed by atoms with Crippen LogP contribution in [0.5, 0.6) is 0 Å². The fraction of sp³-hybridized carbons (Fsp3) is 0.684. The lowest BCUT2D eigenvalue weighted by atomic mass is 10.0. The van der Waals surface area contributed by atoms with Crippen LogP contribution in [0, 0.1) is 13.8 Å². The van der Waals surface area contributed by atoms with Crippen molar-refractivity contribution < 1.29 is 9.59 Å². The van der Waals surface area contributed by atoms with E-state index < -0.39 is 5.54 Å². The molecule has 0 saturated carbocycles. The molecule has 27 heavy (non-hydrogen) atoms. The maximum atomic E-state index is 13.0. The van der Waals surface area contributed by atoms with Crippen molar-refractivity contribution in [2.45, 2.75) is 45.7 Å². The van der Waals surface area contributed by atoms with Gasteiger partial charge in [0.1, 0.15) is 12.4 Å². The van der Waals surface area contributed by atoms with E-state index in [1.165, 1.54) is 0 Å². The van der Waals surface area contributed by atoms with E-state index in [1.807, 2.05) is 27.7 Å². The van der Waals surface area contributed by atoms with Gasteiger partial charge in [0.2, 0.25) is 11.7 Å². The van der Waals surface area contributed by atoms with Crippen LogP contribution in [0.4, 0.5) is 5.82 Å². The average Bonchev–Trinajstić information content (AvgIpc) is 3.04. The molecule has 2 fully saturated rings. The summed E-state index contributed by atoms with van der Waals surface area (Å²) in [6.07, 6.45) is 1.07. The molecule has 2 aliphatic heterocycles. The fourth-order valence-electron chi connectivity index (χ4n) is 3.82. The Morgan fingerprint density at radius 2 is 1.96 bits per heavy atom. The molecule has 1 atom stereocenters. The van der Waals surface area contributed by atoms with Gasteiger partial charge in [0.25, 0.3) is 5.91 Å². The topological polar surface area (TPSA) is 81.7 Å². The second kappa shape index (κ2) is 7.07. The third-order valence-electron chi connectivity index (χ3n) is 5.43. The summed E-state index contributed by atoms with van der Waals surface area (Å²) in [5.41, 5.74) is 1.35. The lowest BCUT2D eigenvalue weighted by Crippen LogP contribution is -2.61. The van der Waals surface area contributed by atoms with Gasteiger partial charge in [-0.15, -0.1) is 0 Å². The van der Waals surface area contributed by atoms with Gasteiger partial charge in [0.15, 0.2) is 0 Å². The van der Waals surface area contributed by atoms with E-state index in [1.54, 1.807) is 4.90 Å². The van der Waals surface area contributed by atoms with Crippen molar-refractivity contribution in [1.29, 1.82) is 0 Å². The van der Waals surface area contributed by atoms with Crippen LogP contribution in [0.2, 0.25) is 0 Å². The monoisotopic (exact) mass is 374 g/mol. The molecule has 8 heteroatoms. The van der Waals surface area contributed by atoms with Gasteiger partial charge in [-0.2, -0.15) is 0 Å². The SMILES string of the molecule is Cc1nc(C(=O)N2CC(=O)NC(C)(C)C2)nc(N2CC[C@@H](N(C)C)C2)c1C. The molecule has 0 spiro atoms. The first kappa shape index (κ1) is 19.5. The molecule has 1 aromatic rings. The second-order valence-electron chi connectivity index (χ2n) is 8.53. The van der Waals surface area contributed by atoms with Crippen molar-refractivity contribution >= 4 is 17.6 Å². The normalized spacial score (nSPS) is 22.3. The number of nitrogens with zero attached hydrogens (tertiary/aromatic N) is 5. The first-order chi connectivity index (χ1) is 12.6. The molecule has 0 radical (unpaired) electrons. The Balaban J connectivity index is 1.87. The molecule has 2 saturated heterocycles. The highest BCUT2D eigenvalue weighted by atomic mass is 16.2. The van der Waals surface area contributed by atoms with Crippen LogP contribution >= 0.6 is 0 Å². The van der Waals surface area contributed by atoms with Gasteiger partial charge in [-0.1, -0.05) is 0 Å². The lowest BCUT2D eigenvalue weighted by molar-refractivity contribution is -0.126. The van der Waals surface area contributed by atoms with Gasteiger partial charge in [0, 0.05) is 36.9 Å². The van der Waals surface area contributed by atoms with E-state index in [0.29, 0.717) is 12.6 Å². The number of carbonyl (C=O) groups is 2. The minimum atomic E-state index is -0.457. The van der Waals surface area contributed by atoms with Crippen LogP contribution in [-0.4, -0.2) is 83.4 Å². The predicted molar refractivity (Wildman–Crippen MR) is 104 cm³/mol. The molecule has 2 amide bonds. The van der Waals surface area contributed by atoms with Crippen molar-refractivity contribution in [2.24, 2.45) is 0 Å². The Hall–Kier alpha value is -2.22. The van der Waals surface area contributed by atoms with Gasteiger partial charge in [-0.05, 0) is 48.2 Å². The number of likely N-dealkylation sites (N-methyl/N-ethyl adjacent to an activating group) is 1. The Labute approximate surface area is 160 Å². The summed E-state index contributed by atoms with van der Waals surface area (Å²) in [5, 5.41) is 2.90. The number of hydrogen-bond acceptors (Lipinski definition) is 6. The number of amides is 2. The zero-order valence-corrected chi connectivity index (χ0v) is 17.2. The zero-order chi connectivity index (χ0) is 19.9. The number of rotatable bonds is 3. The molecule has 148 valence electrons. The lowest BCUT2D eigenvalue weighted by Gasteiger charge is -2.38. The highest BCUT2D eigenvalue weighted by molar-refractivity contribution is 5.95. The Bertz CT molecular complexity index is 761. The first-order valence-electron chi connectivity index (χ1n) is 9.44. The fourth-order valence-corrected chi connectivity index (χ4v) is 3.82. The average molecular weight is 374 g/mol. The Kier molecular flexibility index (Phi) is 5.12. The summed E-state index contributed by atoms with van der Waals surface area (Å²) in [7, 11) is 4.18. The van der Waals surface area contributed by atoms with Crippen LogP contribution in [0.15, 0.2) is 0 Å². The van der Waals surface area contributed by atoms with E-state index in [0.717, 1.165) is 36.6 Å². The van der Waals surface area contributed by atoms with Crippen molar-refractivity contribution in [2.75, 3.05) is 45.2 Å². The third kappa shape index (κ3) is 4.05. The Morgan fingerprint density at radius 3 is 2.56 bits per heavy atom. The molecule has 0 bridgehead atoms. The third-order valence-corrected chi connectivity index (χ3v) is 5.43. The molecule has 1 N–H and O–H groups in total.